The van der Waals surface area contributed by atoms with Crippen molar-refractivity contribution in [3.63, 3.8) is 0 Å². The highest BCUT2D eigenvalue weighted by atomic mass is 32.1. The highest BCUT2D eigenvalue weighted by Gasteiger charge is 2.10. The highest BCUT2D eigenvalue weighted by molar-refractivity contribution is 7.21. The fraction of sp³-hybridized carbons (Fsp3) is 0.143. The molecular formula is C14H14N3S+. The van der Waals surface area contributed by atoms with Gasteiger partial charge in [0.15, 0.2) is 0 Å². The number of benzene rings is 2. The van der Waals surface area contributed by atoms with Gasteiger partial charge >= 0.3 is 0 Å². The predicted molar refractivity (Wildman–Crippen MR) is 75.2 cm³/mol. The van der Waals surface area contributed by atoms with E-state index >= 15 is 0 Å². The first-order valence-corrected chi connectivity index (χ1v) is 6.56. The lowest BCUT2D eigenvalue weighted by molar-refractivity contribution is -0.173. The van der Waals surface area contributed by atoms with Crippen molar-refractivity contribution < 1.29 is 5.41 Å². The van der Waals surface area contributed by atoms with Gasteiger partial charge in [-0.05, 0) is 37.6 Å². The van der Waals surface area contributed by atoms with Crippen LogP contribution in [0.25, 0.3) is 20.8 Å². The molecule has 4 N–H and O–H groups in total. The van der Waals surface area contributed by atoms with Crippen molar-refractivity contribution >= 4 is 27.2 Å². The second-order valence-corrected chi connectivity index (χ2v) is 5.65. The molecule has 0 bridgehead atoms. The number of aromatic nitrogens is 1. The van der Waals surface area contributed by atoms with Crippen molar-refractivity contribution in [1.82, 2.24) is 4.98 Å². The van der Waals surface area contributed by atoms with Crippen LogP contribution < -0.4 is 16.5 Å². The van der Waals surface area contributed by atoms with Gasteiger partial charge in [0.05, 0.1) is 20.8 Å². The summed E-state index contributed by atoms with van der Waals surface area (Å²) < 4.78 is 1.09. The number of nitrogens with two attached hydrogens (primary N) is 2. The van der Waals surface area contributed by atoms with E-state index < -0.39 is 0 Å². The average molecular weight is 256 g/mol. The number of anilines is 1. The summed E-state index contributed by atoms with van der Waals surface area (Å²) in [5, 5.41) is 6.74. The van der Waals surface area contributed by atoms with Crippen LogP contribution >= 0.6 is 11.3 Å². The molecule has 1 aromatic rings. The third kappa shape index (κ3) is 1.66. The number of nitrogens with zero attached hydrogens (tertiary/aromatic N) is 1. The number of rotatable bonds is 0. The van der Waals surface area contributed by atoms with Crippen LogP contribution in [0.5, 0.6) is 0 Å². The zero-order chi connectivity index (χ0) is 12.9. The minimum Gasteiger partial charge on any atom is -0.398 e. The zero-order valence-electron chi connectivity index (χ0n) is 10.3. The Morgan fingerprint density at radius 2 is 1.89 bits per heavy atom. The topological polar surface area (TPSA) is 64.5 Å². The second kappa shape index (κ2) is 3.78. The maximum atomic E-state index is 5.94. The molecule has 2 aliphatic rings. The van der Waals surface area contributed by atoms with Crippen LogP contribution in [0.3, 0.4) is 0 Å². The minimum atomic E-state index is 0.806. The van der Waals surface area contributed by atoms with Crippen molar-refractivity contribution in [2.24, 2.45) is 0 Å². The molecule has 0 fully saturated rings. The van der Waals surface area contributed by atoms with Gasteiger partial charge in [0.1, 0.15) is 0 Å². The van der Waals surface area contributed by atoms with Gasteiger partial charge in [0.2, 0.25) is 5.36 Å². The molecule has 1 heterocycles. The quantitative estimate of drug-likeness (QED) is 0.470. The van der Waals surface area contributed by atoms with E-state index in [-0.39, 0.29) is 0 Å². The Kier molecular flexibility index (Phi) is 2.35. The average Bonchev–Trinajstić information content (AvgIpc) is 2.31. The third-order valence-electron chi connectivity index (χ3n) is 3.16. The largest absolute Gasteiger partial charge is 0.398 e. The molecule has 3 nitrogen and oxygen atoms in total. The summed E-state index contributed by atoms with van der Waals surface area (Å²) in [6.07, 6.45) is 0. The summed E-state index contributed by atoms with van der Waals surface area (Å²) in [5.41, 5.74) is 10.8. The Morgan fingerprint density at radius 1 is 1.11 bits per heavy atom. The SMILES string of the molecule is Cc1cc2nc3cc(C)c(=[NH2+])cc-3sc2cc1N. The molecule has 0 aromatic heterocycles. The molecule has 0 radical (unpaired) electrons. The van der Waals surface area contributed by atoms with Crippen LogP contribution in [0.4, 0.5) is 5.69 Å². The molecule has 0 saturated carbocycles. The molecule has 90 valence electrons. The van der Waals surface area contributed by atoms with Crippen molar-refractivity contribution in [2.45, 2.75) is 13.8 Å². The number of aryl methyl sites for hydroxylation is 2. The van der Waals surface area contributed by atoms with Crippen LogP contribution in [0.1, 0.15) is 11.1 Å². The van der Waals surface area contributed by atoms with Gasteiger partial charge in [-0.25, -0.2) is 4.98 Å². The van der Waals surface area contributed by atoms with Crippen molar-refractivity contribution in [1.29, 1.82) is 0 Å². The minimum absolute atomic E-state index is 0.806. The number of hydrogen-bond acceptors (Lipinski definition) is 3. The Morgan fingerprint density at radius 3 is 2.67 bits per heavy atom. The molecule has 0 atom stereocenters. The third-order valence-corrected chi connectivity index (χ3v) is 4.25. The maximum absolute atomic E-state index is 5.94. The van der Waals surface area contributed by atoms with E-state index in [4.69, 9.17) is 11.1 Å². The highest BCUT2D eigenvalue weighted by Crippen LogP contribution is 2.31. The lowest BCUT2D eigenvalue weighted by atomic mass is 10.1. The van der Waals surface area contributed by atoms with Crippen molar-refractivity contribution in [3.8, 4) is 10.6 Å². The number of nitrogen functional groups attached to an aromatic ring is 1. The molecule has 3 rings (SSSR count). The summed E-state index contributed by atoms with van der Waals surface area (Å²) >= 11 is 1.67. The van der Waals surface area contributed by atoms with E-state index in [1.807, 2.05) is 38.1 Å². The fourth-order valence-electron chi connectivity index (χ4n) is 1.96. The smallest absolute Gasteiger partial charge is 0.201 e. The number of hydrogen-bond donors (Lipinski definition) is 2. The summed E-state index contributed by atoms with van der Waals surface area (Å²) in [5.74, 6) is 0. The van der Waals surface area contributed by atoms with Crippen LogP contribution in [0, 0.1) is 13.8 Å². The van der Waals surface area contributed by atoms with E-state index in [0.29, 0.717) is 0 Å². The molecular weight excluding hydrogens is 242 g/mol. The van der Waals surface area contributed by atoms with Crippen LogP contribution in [-0.2, 0) is 0 Å². The number of fused-ring (bicyclic) bond motifs is 2. The van der Waals surface area contributed by atoms with Crippen LogP contribution in [0.2, 0.25) is 0 Å². The summed E-state index contributed by atoms with van der Waals surface area (Å²) in [6, 6.07) is 8.04. The van der Waals surface area contributed by atoms with Crippen LogP contribution in [-0.4, -0.2) is 4.98 Å². The van der Waals surface area contributed by atoms with E-state index in [0.717, 1.165) is 43.0 Å². The standard InChI is InChI=1S/C14H13N3S/c1-7-3-11-13(5-9(7)15)18-14-6-10(16)8(2)4-12(14)17-11/h3-6,15H,16H2,1-2H3/p+1. The molecule has 0 unspecified atom stereocenters. The lowest BCUT2D eigenvalue weighted by Gasteiger charge is -2.08. The maximum Gasteiger partial charge on any atom is 0.201 e. The molecule has 1 aliphatic carbocycles. The lowest BCUT2D eigenvalue weighted by Crippen LogP contribution is -2.46. The van der Waals surface area contributed by atoms with Gasteiger partial charge in [0, 0.05) is 17.3 Å². The first-order valence-electron chi connectivity index (χ1n) is 5.74. The molecule has 0 spiro atoms. The van der Waals surface area contributed by atoms with Gasteiger partial charge in [-0.15, -0.1) is 11.3 Å². The molecule has 18 heavy (non-hydrogen) atoms. The molecule has 1 aromatic carbocycles. The van der Waals surface area contributed by atoms with Gasteiger partial charge in [0.25, 0.3) is 0 Å². The van der Waals surface area contributed by atoms with Crippen molar-refractivity contribution in [2.75, 3.05) is 5.73 Å². The zero-order valence-corrected chi connectivity index (χ0v) is 11.1. The van der Waals surface area contributed by atoms with E-state index in [1.165, 1.54) is 0 Å². The Balaban J connectivity index is 2.45. The summed E-state index contributed by atoms with van der Waals surface area (Å²) in [6.45, 7) is 4.00. The van der Waals surface area contributed by atoms with Crippen LogP contribution in [0.15, 0.2) is 24.3 Å². The molecule has 0 amide bonds. The normalized spacial score (nSPS) is 11.2. The van der Waals surface area contributed by atoms with E-state index in [2.05, 4.69) is 4.98 Å². The summed E-state index contributed by atoms with van der Waals surface area (Å²) in [4.78, 5) is 5.77. The Hall–Kier alpha value is -1.94. The molecule has 4 heteroatoms. The second-order valence-electron chi connectivity index (χ2n) is 4.57. The predicted octanol–water partition coefficient (Wildman–Crippen LogP) is 1.26. The Labute approximate surface area is 109 Å². The fourth-order valence-corrected chi connectivity index (χ4v) is 2.99. The van der Waals surface area contributed by atoms with E-state index in [1.54, 1.807) is 11.3 Å². The monoisotopic (exact) mass is 256 g/mol. The van der Waals surface area contributed by atoms with Gasteiger partial charge < -0.3 is 5.73 Å². The van der Waals surface area contributed by atoms with Gasteiger partial charge in [-0.3, -0.25) is 5.41 Å². The van der Waals surface area contributed by atoms with Gasteiger partial charge in [-0.2, -0.15) is 0 Å². The van der Waals surface area contributed by atoms with Gasteiger partial charge in [-0.1, -0.05) is 0 Å². The summed E-state index contributed by atoms with van der Waals surface area (Å²) in [7, 11) is 0. The Bertz CT molecular complexity index is 789. The van der Waals surface area contributed by atoms with Crippen molar-refractivity contribution in [3.05, 3.63) is 40.7 Å². The first-order chi connectivity index (χ1) is 8.54. The molecule has 1 aliphatic heterocycles. The molecule has 0 saturated heterocycles. The van der Waals surface area contributed by atoms with E-state index in [9.17, 15) is 0 Å². The first kappa shape index (κ1) is 11.2.